The Labute approximate surface area is 227 Å². The highest BCUT2D eigenvalue weighted by Gasteiger charge is 2.42. The lowest BCUT2D eigenvalue weighted by molar-refractivity contribution is -0.734. The first-order valence-electron chi connectivity index (χ1n) is 12.2. The maximum Gasteiger partial charge on any atom is 0.533 e. The van der Waals surface area contributed by atoms with Crippen LogP contribution in [0.3, 0.4) is 0 Å². The van der Waals surface area contributed by atoms with Crippen molar-refractivity contribution in [1.82, 2.24) is 24.8 Å². The summed E-state index contributed by atoms with van der Waals surface area (Å²) in [6.45, 7) is 3.73. The number of nitrogens with one attached hydrogen (secondary N) is 2. The normalized spacial score (nSPS) is 16.8. The molecular weight excluding hydrogens is 555 g/mol. The van der Waals surface area contributed by atoms with Gasteiger partial charge in [-0.25, -0.2) is 8.42 Å². The Morgan fingerprint density at radius 2 is 1.80 bits per heavy atom. The Morgan fingerprint density at radius 3 is 2.35 bits per heavy atom. The quantitative estimate of drug-likeness (QED) is 0.343. The van der Waals surface area contributed by atoms with Gasteiger partial charge in [-0.3, -0.25) is 4.79 Å². The van der Waals surface area contributed by atoms with Gasteiger partial charge in [-0.1, -0.05) is 43.0 Å². The van der Waals surface area contributed by atoms with Crippen LogP contribution in [-0.2, 0) is 27.5 Å². The van der Waals surface area contributed by atoms with Gasteiger partial charge in [0.15, 0.2) is 4.92 Å². The molecule has 2 heterocycles. The fourth-order valence-corrected chi connectivity index (χ4v) is 5.78. The lowest BCUT2D eigenvalue weighted by Crippen LogP contribution is -2.60. The average Bonchev–Trinajstić information content (AvgIpc) is 3.42. The topological polar surface area (TPSA) is 152 Å². The Bertz CT molecular complexity index is 1480. The molecule has 1 atom stereocenters. The predicted octanol–water partition coefficient (Wildman–Crippen LogP) is 2.94. The van der Waals surface area contributed by atoms with Crippen LogP contribution in [0.5, 0.6) is 0 Å². The van der Waals surface area contributed by atoms with Gasteiger partial charge in [0.2, 0.25) is 15.9 Å². The third kappa shape index (κ3) is 6.22. The summed E-state index contributed by atoms with van der Waals surface area (Å²) in [4.78, 5) is 28.8. The maximum atomic E-state index is 13.5. The highest BCUT2D eigenvalue weighted by atomic mass is 32.2. The van der Waals surface area contributed by atoms with E-state index in [0.717, 1.165) is 27.6 Å². The van der Waals surface area contributed by atoms with Crippen molar-refractivity contribution in [3.63, 3.8) is 0 Å². The van der Waals surface area contributed by atoms with Crippen LogP contribution in [0.15, 0.2) is 53.4 Å². The van der Waals surface area contributed by atoms with E-state index >= 15 is 0 Å². The van der Waals surface area contributed by atoms with Crippen LogP contribution in [0.1, 0.15) is 36.5 Å². The molecule has 1 fully saturated rings. The Morgan fingerprint density at radius 1 is 1.15 bits per heavy atom. The van der Waals surface area contributed by atoms with Crippen LogP contribution < -0.4 is 10.2 Å². The first-order chi connectivity index (χ1) is 18.8. The van der Waals surface area contributed by atoms with E-state index in [1.54, 1.807) is 0 Å². The Hall–Kier alpha value is -4.05. The van der Waals surface area contributed by atoms with E-state index < -0.39 is 49.5 Å². The van der Waals surface area contributed by atoms with Crippen molar-refractivity contribution in [3.8, 4) is 0 Å². The molecule has 12 nitrogen and oxygen atoms in total. The number of aromatic nitrogens is 3. The number of carbonyl (C=O) groups is 1. The van der Waals surface area contributed by atoms with Crippen molar-refractivity contribution in [3.05, 3.63) is 70.1 Å². The first kappa shape index (κ1) is 28.9. The molecule has 1 saturated heterocycles. The van der Waals surface area contributed by atoms with Crippen LogP contribution >= 0.6 is 0 Å². The Kier molecular flexibility index (Phi) is 8.11. The molecule has 1 amide bonds. The van der Waals surface area contributed by atoms with Gasteiger partial charge in [-0.15, -0.1) is 0 Å². The maximum absolute atomic E-state index is 13.5. The smallest absolute Gasteiger partial charge is 0.351 e. The average molecular weight is 583 g/mol. The molecule has 0 saturated carbocycles. The van der Waals surface area contributed by atoms with Crippen molar-refractivity contribution < 1.29 is 36.5 Å². The summed E-state index contributed by atoms with van der Waals surface area (Å²) in [7, 11) is -4.40. The summed E-state index contributed by atoms with van der Waals surface area (Å²) in [6.07, 6.45) is -4.64. The van der Waals surface area contributed by atoms with Crippen LogP contribution in [0.25, 0.3) is 0 Å². The van der Waals surface area contributed by atoms with Gasteiger partial charge < -0.3 is 15.4 Å². The third-order valence-electron chi connectivity index (χ3n) is 6.47. The number of nitrogens with zero attached hydrogens (tertiary/aromatic N) is 5. The second-order valence-corrected chi connectivity index (χ2v) is 11.3. The fraction of sp³-hybridized carbons (Fsp3) is 0.375. The fourth-order valence-electron chi connectivity index (χ4n) is 4.21. The monoisotopic (exact) mass is 582 g/mol. The van der Waals surface area contributed by atoms with Crippen molar-refractivity contribution in [2.45, 2.75) is 43.4 Å². The molecule has 40 heavy (non-hydrogen) atoms. The minimum Gasteiger partial charge on any atom is -0.351 e. The molecule has 3 N–H and O–H groups in total. The molecule has 0 unspecified atom stereocenters. The third-order valence-corrected chi connectivity index (χ3v) is 8.39. The van der Waals surface area contributed by atoms with Crippen LogP contribution in [-0.4, -0.2) is 69.6 Å². The van der Waals surface area contributed by atoms with Gasteiger partial charge in [0, 0.05) is 31.3 Å². The highest BCUT2D eigenvalue weighted by Crippen LogP contribution is 2.31. The number of hydrogen-bond donors (Lipinski definition) is 3. The number of aromatic amines is 1. The van der Waals surface area contributed by atoms with E-state index in [9.17, 15) is 31.3 Å². The number of carbonyl (C=O) groups excluding carboxylic acids is 1. The van der Waals surface area contributed by atoms with Crippen molar-refractivity contribution in [1.29, 1.82) is 0 Å². The highest BCUT2D eigenvalue weighted by molar-refractivity contribution is 7.89. The largest absolute Gasteiger partial charge is 0.533 e. The van der Waals surface area contributed by atoms with E-state index in [2.05, 4.69) is 20.5 Å². The number of halogens is 3. The van der Waals surface area contributed by atoms with E-state index in [1.807, 2.05) is 38.1 Å². The summed E-state index contributed by atoms with van der Waals surface area (Å²) in [5, 5.41) is 17.8. The number of alkyl halides is 3. The van der Waals surface area contributed by atoms with Crippen LogP contribution in [0.2, 0.25) is 0 Å². The van der Waals surface area contributed by atoms with Gasteiger partial charge >= 0.3 is 18.1 Å². The molecule has 16 heteroatoms. The SMILES string of the molecule is CC(C)c1ccc(CNC(=O)[C@H]2CN(c3nc([N+](=O)O)n[nH]3)CCN2S(=O)(=O)c2ccc(C(F)(F)F)cc2)cc1. The Balaban J connectivity index is 1.59. The molecule has 0 aliphatic carbocycles. The molecule has 4 rings (SSSR count). The zero-order valence-electron chi connectivity index (χ0n) is 21.5. The zero-order chi connectivity index (χ0) is 29.2. The van der Waals surface area contributed by atoms with Gasteiger partial charge in [0.1, 0.15) is 6.04 Å². The number of anilines is 1. The van der Waals surface area contributed by atoms with Gasteiger partial charge in [0.05, 0.1) is 10.5 Å². The first-order valence-corrected chi connectivity index (χ1v) is 13.6. The van der Waals surface area contributed by atoms with Gasteiger partial charge in [0.25, 0.3) is 0 Å². The number of hydrogen-bond acceptors (Lipinski definition) is 7. The van der Waals surface area contributed by atoms with Crippen molar-refractivity contribution in [2.24, 2.45) is 0 Å². The number of sulfonamides is 1. The molecule has 3 aromatic rings. The van der Waals surface area contributed by atoms with Crippen LogP contribution in [0.4, 0.5) is 25.1 Å². The molecule has 1 aliphatic rings. The van der Waals surface area contributed by atoms with E-state index in [-0.39, 0.29) is 32.1 Å². The van der Waals surface area contributed by atoms with Crippen molar-refractivity contribution >= 4 is 27.8 Å². The summed E-state index contributed by atoms with van der Waals surface area (Å²) in [5.74, 6) is -0.906. The standard InChI is InChI=1S/C24H26F3N7O5S/c1-15(2)17-5-3-16(4-6-17)13-28-21(35)20-14-32(22-29-23(31-30-22)34(36)37)11-12-33(20)40(38,39)19-9-7-18(8-10-19)24(25,26)27/h3-10,15,20H,11-14H2,1-2H3,(H2-,28,29,30,31,35,36,37)/p+1/t20-/m1/s1. The number of piperazine rings is 1. The lowest BCUT2D eigenvalue weighted by Gasteiger charge is -2.38. The van der Waals surface area contributed by atoms with E-state index in [1.165, 1.54) is 4.90 Å². The predicted molar refractivity (Wildman–Crippen MR) is 135 cm³/mol. The van der Waals surface area contributed by atoms with E-state index in [0.29, 0.717) is 18.1 Å². The molecule has 214 valence electrons. The molecule has 1 aliphatic heterocycles. The van der Waals surface area contributed by atoms with E-state index in [4.69, 9.17) is 5.21 Å². The second-order valence-electron chi connectivity index (χ2n) is 9.45. The summed E-state index contributed by atoms with van der Waals surface area (Å²) >= 11 is 0. The molecule has 0 radical (unpaired) electrons. The number of benzene rings is 2. The summed E-state index contributed by atoms with van der Waals surface area (Å²) in [5.41, 5.74) is 0.880. The summed E-state index contributed by atoms with van der Waals surface area (Å²) < 4.78 is 67.0. The molecule has 1 aromatic heterocycles. The van der Waals surface area contributed by atoms with Crippen LogP contribution in [0, 0.1) is 4.91 Å². The number of rotatable bonds is 8. The number of H-pyrrole nitrogens is 1. The minimum absolute atomic E-state index is 0.000766. The zero-order valence-corrected chi connectivity index (χ0v) is 22.3. The molecular formula is C24H27F3N7O5S+. The summed E-state index contributed by atoms with van der Waals surface area (Å²) in [6, 6.07) is 9.26. The minimum atomic E-state index is -4.64. The lowest BCUT2D eigenvalue weighted by atomic mass is 10.0. The molecule has 0 bridgehead atoms. The van der Waals surface area contributed by atoms with Crippen molar-refractivity contribution in [2.75, 3.05) is 24.5 Å². The van der Waals surface area contributed by atoms with Gasteiger partial charge in [-0.05, 0) is 46.3 Å². The van der Waals surface area contributed by atoms with Gasteiger partial charge in [-0.2, -0.15) is 22.6 Å². The second kappa shape index (κ2) is 11.2. The number of amides is 1. The molecule has 2 aromatic carbocycles. The molecule has 0 spiro atoms.